The normalized spacial score (nSPS) is 21.4. The Kier molecular flexibility index (Phi) is 4.78. The van der Waals surface area contributed by atoms with Gasteiger partial charge in [-0.3, -0.25) is 9.58 Å². The first kappa shape index (κ1) is 13.6. The van der Waals surface area contributed by atoms with E-state index in [2.05, 4.69) is 46.8 Å². The van der Waals surface area contributed by atoms with Crippen LogP contribution in [0.2, 0.25) is 0 Å². The van der Waals surface area contributed by atoms with E-state index < -0.39 is 0 Å². The highest BCUT2D eigenvalue weighted by atomic mass is 15.3. The zero-order valence-electron chi connectivity index (χ0n) is 11.9. The van der Waals surface area contributed by atoms with E-state index in [9.17, 15) is 0 Å². The molecular weight excluding hydrogens is 224 g/mol. The van der Waals surface area contributed by atoms with Crippen molar-refractivity contribution in [2.75, 3.05) is 19.6 Å². The second kappa shape index (κ2) is 6.34. The summed E-state index contributed by atoms with van der Waals surface area (Å²) in [7, 11) is 0. The summed E-state index contributed by atoms with van der Waals surface area (Å²) < 4.78 is 2.15. The van der Waals surface area contributed by atoms with E-state index in [-0.39, 0.29) is 0 Å². The summed E-state index contributed by atoms with van der Waals surface area (Å²) >= 11 is 0. The fourth-order valence-electron chi connectivity index (χ4n) is 2.63. The molecule has 102 valence electrons. The zero-order chi connectivity index (χ0) is 13.0. The molecule has 0 amide bonds. The molecule has 2 rings (SSSR count). The molecule has 0 spiro atoms. The van der Waals surface area contributed by atoms with Crippen LogP contribution in [-0.2, 0) is 19.5 Å². The molecule has 1 saturated heterocycles. The van der Waals surface area contributed by atoms with Gasteiger partial charge in [0, 0.05) is 38.8 Å². The number of aromatic nitrogens is 2. The predicted octanol–water partition coefficient (Wildman–Crippen LogP) is 1.65. The number of piperazine rings is 1. The van der Waals surface area contributed by atoms with Gasteiger partial charge < -0.3 is 5.32 Å². The van der Waals surface area contributed by atoms with Gasteiger partial charge in [-0.15, -0.1) is 0 Å². The smallest absolute Gasteiger partial charge is 0.0625 e. The Bertz CT molecular complexity index is 372. The number of aryl methyl sites for hydroxylation is 2. The van der Waals surface area contributed by atoms with Gasteiger partial charge in [-0.25, -0.2) is 0 Å². The lowest BCUT2D eigenvalue weighted by atomic mass is 10.1. The van der Waals surface area contributed by atoms with Crippen molar-refractivity contribution in [3.8, 4) is 0 Å². The molecule has 0 saturated carbocycles. The molecule has 1 aliphatic heterocycles. The summed E-state index contributed by atoms with van der Waals surface area (Å²) in [5, 5.41) is 8.19. The summed E-state index contributed by atoms with van der Waals surface area (Å²) in [5.41, 5.74) is 2.58. The van der Waals surface area contributed by atoms with Gasteiger partial charge in [0.05, 0.1) is 11.4 Å². The van der Waals surface area contributed by atoms with E-state index >= 15 is 0 Å². The third-order valence-corrected chi connectivity index (χ3v) is 3.79. The minimum atomic E-state index is 0.655. The molecule has 0 aromatic carbocycles. The SMILES string of the molecule is CCc1cc(CN2CCNC(CC)C2)n(CC)n1. The van der Waals surface area contributed by atoms with Crippen LogP contribution in [0.1, 0.15) is 38.6 Å². The lowest BCUT2D eigenvalue weighted by Gasteiger charge is -2.33. The number of hydrogen-bond donors (Lipinski definition) is 1. The Morgan fingerprint density at radius 3 is 2.89 bits per heavy atom. The van der Waals surface area contributed by atoms with Gasteiger partial charge in [-0.05, 0) is 25.8 Å². The molecule has 1 atom stereocenters. The average Bonchev–Trinajstić information content (AvgIpc) is 2.81. The number of nitrogens with zero attached hydrogens (tertiary/aromatic N) is 3. The fraction of sp³-hybridized carbons (Fsp3) is 0.786. The molecule has 18 heavy (non-hydrogen) atoms. The maximum absolute atomic E-state index is 4.63. The molecule has 4 nitrogen and oxygen atoms in total. The van der Waals surface area contributed by atoms with Crippen LogP contribution in [0.5, 0.6) is 0 Å². The highest BCUT2D eigenvalue weighted by molar-refractivity contribution is 5.10. The molecule has 1 unspecified atom stereocenters. The van der Waals surface area contributed by atoms with E-state index in [0.29, 0.717) is 6.04 Å². The van der Waals surface area contributed by atoms with Gasteiger partial charge in [-0.1, -0.05) is 13.8 Å². The van der Waals surface area contributed by atoms with E-state index in [0.717, 1.165) is 39.1 Å². The predicted molar refractivity (Wildman–Crippen MR) is 74.6 cm³/mol. The first-order valence-electron chi connectivity index (χ1n) is 7.28. The molecule has 0 aliphatic carbocycles. The second-order valence-electron chi connectivity index (χ2n) is 5.09. The van der Waals surface area contributed by atoms with Crippen LogP contribution in [0.4, 0.5) is 0 Å². The molecule has 1 aromatic rings. The first-order chi connectivity index (χ1) is 8.76. The quantitative estimate of drug-likeness (QED) is 0.862. The number of nitrogens with one attached hydrogen (secondary N) is 1. The second-order valence-corrected chi connectivity index (χ2v) is 5.09. The van der Waals surface area contributed by atoms with E-state index in [4.69, 9.17) is 0 Å². The van der Waals surface area contributed by atoms with Crippen LogP contribution in [-0.4, -0.2) is 40.4 Å². The summed E-state index contributed by atoms with van der Waals surface area (Å²) in [6.45, 7) is 12.0. The highest BCUT2D eigenvalue weighted by Crippen LogP contribution is 2.11. The summed E-state index contributed by atoms with van der Waals surface area (Å²) in [5.74, 6) is 0. The number of rotatable bonds is 5. The maximum Gasteiger partial charge on any atom is 0.0625 e. The van der Waals surface area contributed by atoms with Crippen LogP contribution in [0.15, 0.2) is 6.07 Å². The van der Waals surface area contributed by atoms with Crippen molar-refractivity contribution in [2.45, 2.75) is 52.7 Å². The molecule has 4 heteroatoms. The average molecular weight is 250 g/mol. The summed E-state index contributed by atoms with van der Waals surface area (Å²) in [6, 6.07) is 2.93. The van der Waals surface area contributed by atoms with Crippen LogP contribution in [0.25, 0.3) is 0 Å². The Balaban J connectivity index is 2.01. The summed E-state index contributed by atoms with van der Waals surface area (Å²) in [4.78, 5) is 2.55. The molecule has 0 bridgehead atoms. The van der Waals surface area contributed by atoms with Crippen LogP contribution in [0.3, 0.4) is 0 Å². The lowest BCUT2D eigenvalue weighted by molar-refractivity contribution is 0.185. The molecule has 1 aliphatic rings. The molecule has 0 radical (unpaired) electrons. The zero-order valence-corrected chi connectivity index (χ0v) is 11.9. The Morgan fingerprint density at radius 2 is 2.22 bits per heavy atom. The van der Waals surface area contributed by atoms with Crippen LogP contribution < -0.4 is 5.32 Å². The Hall–Kier alpha value is -0.870. The van der Waals surface area contributed by atoms with Gasteiger partial charge in [0.1, 0.15) is 0 Å². The maximum atomic E-state index is 4.63. The lowest BCUT2D eigenvalue weighted by Crippen LogP contribution is -2.50. The highest BCUT2D eigenvalue weighted by Gasteiger charge is 2.19. The van der Waals surface area contributed by atoms with Crippen molar-refractivity contribution in [1.82, 2.24) is 20.0 Å². The van der Waals surface area contributed by atoms with Crippen molar-refractivity contribution in [3.63, 3.8) is 0 Å². The minimum Gasteiger partial charge on any atom is -0.311 e. The van der Waals surface area contributed by atoms with Gasteiger partial charge in [0.25, 0.3) is 0 Å². The largest absolute Gasteiger partial charge is 0.311 e. The van der Waals surface area contributed by atoms with Crippen molar-refractivity contribution in [3.05, 3.63) is 17.5 Å². The van der Waals surface area contributed by atoms with E-state index in [1.807, 2.05) is 0 Å². The number of hydrogen-bond acceptors (Lipinski definition) is 3. The minimum absolute atomic E-state index is 0.655. The van der Waals surface area contributed by atoms with Gasteiger partial charge in [0.15, 0.2) is 0 Å². The third kappa shape index (κ3) is 3.12. The van der Waals surface area contributed by atoms with Gasteiger partial charge in [0.2, 0.25) is 0 Å². The van der Waals surface area contributed by atoms with Crippen LogP contribution in [0, 0.1) is 0 Å². The van der Waals surface area contributed by atoms with E-state index in [1.165, 1.54) is 17.8 Å². The van der Waals surface area contributed by atoms with E-state index in [1.54, 1.807) is 0 Å². The van der Waals surface area contributed by atoms with Crippen molar-refractivity contribution in [2.24, 2.45) is 0 Å². The molecule has 2 heterocycles. The third-order valence-electron chi connectivity index (χ3n) is 3.79. The fourth-order valence-corrected chi connectivity index (χ4v) is 2.63. The molecule has 1 aromatic heterocycles. The van der Waals surface area contributed by atoms with Crippen LogP contribution >= 0.6 is 0 Å². The monoisotopic (exact) mass is 250 g/mol. The Morgan fingerprint density at radius 1 is 1.39 bits per heavy atom. The Labute approximate surface area is 110 Å². The van der Waals surface area contributed by atoms with Crippen molar-refractivity contribution < 1.29 is 0 Å². The molecular formula is C14H26N4. The standard InChI is InChI=1S/C14H26N4/c1-4-12-9-14(18(6-3)16-12)11-17-8-7-15-13(5-2)10-17/h9,13,15H,4-8,10-11H2,1-3H3. The van der Waals surface area contributed by atoms with Gasteiger partial charge in [-0.2, -0.15) is 5.10 Å². The molecule has 1 N–H and O–H groups in total. The van der Waals surface area contributed by atoms with Crippen molar-refractivity contribution in [1.29, 1.82) is 0 Å². The first-order valence-corrected chi connectivity index (χ1v) is 7.28. The molecule has 1 fully saturated rings. The van der Waals surface area contributed by atoms with Crippen molar-refractivity contribution >= 4 is 0 Å². The topological polar surface area (TPSA) is 33.1 Å². The summed E-state index contributed by atoms with van der Waals surface area (Å²) in [6.07, 6.45) is 2.24. The van der Waals surface area contributed by atoms with Gasteiger partial charge >= 0.3 is 0 Å².